The molecule has 0 saturated heterocycles. The average Bonchev–Trinajstić information content (AvgIpc) is 2.63. The van der Waals surface area contributed by atoms with Gasteiger partial charge in [0.2, 0.25) is 5.95 Å². The Morgan fingerprint density at radius 1 is 1.04 bits per heavy atom. The summed E-state index contributed by atoms with van der Waals surface area (Å²) in [5.41, 5.74) is 2.14. The molecular formula is C19H17ClN4O. The van der Waals surface area contributed by atoms with Crippen molar-refractivity contribution in [3.8, 4) is 0 Å². The highest BCUT2D eigenvalue weighted by Crippen LogP contribution is 2.15. The summed E-state index contributed by atoms with van der Waals surface area (Å²) in [7, 11) is 0. The molecule has 0 spiro atoms. The minimum atomic E-state index is -0.309. The Bertz CT molecular complexity index is 855. The number of hydrogen-bond donors (Lipinski definition) is 2. The zero-order valence-electron chi connectivity index (χ0n) is 13.4. The van der Waals surface area contributed by atoms with Crippen molar-refractivity contribution in [3.05, 3.63) is 83.1 Å². The molecule has 3 rings (SSSR count). The lowest BCUT2D eigenvalue weighted by Gasteiger charge is -2.08. The summed E-state index contributed by atoms with van der Waals surface area (Å²) in [6, 6.07) is 18.7. The molecule has 0 aliphatic carbocycles. The summed E-state index contributed by atoms with van der Waals surface area (Å²) in [4.78, 5) is 20.7. The highest BCUT2D eigenvalue weighted by Gasteiger charge is 2.09. The van der Waals surface area contributed by atoms with Gasteiger partial charge in [-0.25, -0.2) is 9.97 Å². The quantitative estimate of drug-likeness (QED) is 0.702. The number of nitrogens with one attached hydrogen (secondary N) is 2. The van der Waals surface area contributed by atoms with E-state index < -0.39 is 0 Å². The topological polar surface area (TPSA) is 66.9 Å². The first-order valence-corrected chi connectivity index (χ1v) is 8.26. The first-order chi connectivity index (χ1) is 12.2. The molecule has 0 saturated carbocycles. The third kappa shape index (κ3) is 5.02. The van der Waals surface area contributed by atoms with Gasteiger partial charge in [0.05, 0.1) is 0 Å². The van der Waals surface area contributed by atoms with Crippen LogP contribution in [-0.4, -0.2) is 22.4 Å². The standard InChI is InChI=1S/C19H17ClN4O/c20-15-7-4-8-16(13-15)23-18(25)17-10-12-22-19(24-17)21-11-9-14-5-2-1-3-6-14/h1-8,10,12-13H,9,11H2,(H,23,25)(H,21,22,24). The summed E-state index contributed by atoms with van der Waals surface area (Å²) >= 11 is 5.92. The molecule has 25 heavy (non-hydrogen) atoms. The summed E-state index contributed by atoms with van der Waals surface area (Å²) in [5, 5.41) is 6.46. The highest BCUT2D eigenvalue weighted by molar-refractivity contribution is 6.30. The van der Waals surface area contributed by atoms with Gasteiger partial charge in [-0.15, -0.1) is 0 Å². The fourth-order valence-corrected chi connectivity index (χ4v) is 2.49. The Balaban J connectivity index is 1.59. The Morgan fingerprint density at radius 2 is 1.88 bits per heavy atom. The van der Waals surface area contributed by atoms with Crippen molar-refractivity contribution in [1.29, 1.82) is 0 Å². The smallest absolute Gasteiger partial charge is 0.274 e. The Kier molecular flexibility index (Phi) is 5.59. The molecule has 1 heterocycles. The van der Waals surface area contributed by atoms with Gasteiger partial charge in [-0.1, -0.05) is 48.0 Å². The van der Waals surface area contributed by atoms with Crippen LogP contribution < -0.4 is 10.6 Å². The van der Waals surface area contributed by atoms with E-state index in [2.05, 4.69) is 32.7 Å². The van der Waals surface area contributed by atoms with Crippen molar-refractivity contribution in [2.45, 2.75) is 6.42 Å². The number of nitrogens with zero attached hydrogens (tertiary/aromatic N) is 2. The van der Waals surface area contributed by atoms with Gasteiger partial charge in [-0.3, -0.25) is 4.79 Å². The van der Waals surface area contributed by atoms with Crippen LogP contribution in [0.5, 0.6) is 0 Å². The molecule has 0 unspecified atom stereocenters. The number of benzene rings is 2. The Morgan fingerprint density at radius 3 is 2.68 bits per heavy atom. The minimum absolute atomic E-state index is 0.289. The normalized spacial score (nSPS) is 10.3. The zero-order valence-corrected chi connectivity index (χ0v) is 14.2. The van der Waals surface area contributed by atoms with Crippen LogP contribution in [0.15, 0.2) is 66.9 Å². The number of hydrogen-bond acceptors (Lipinski definition) is 4. The van der Waals surface area contributed by atoms with Crippen molar-refractivity contribution in [2.24, 2.45) is 0 Å². The molecule has 0 fully saturated rings. The van der Waals surface area contributed by atoms with Crippen LogP contribution in [0, 0.1) is 0 Å². The first-order valence-electron chi connectivity index (χ1n) is 7.88. The van der Waals surface area contributed by atoms with Crippen molar-refractivity contribution < 1.29 is 4.79 Å². The lowest BCUT2D eigenvalue weighted by atomic mass is 10.1. The maximum atomic E-state index is 12.3. The van der Waals surface area contributed by atoms with Crippen molar-refractivity contribution in [1.82, 2.24) is 9.97 Å². The monoisotopic (exact) mass is 352 g/mol. The van der Waals surface area contributed by atoms with E-state index in [1.807, 2.05) is 18.2 Å². The highest BCUT2D eigenvalue weighted by atomic mass is 35.5. The third-order valence-electron chi connectivity index (χ3n) is 3.51. The van der Waals surface area contributed by atoms with E-state index in [0.717, 1.165) is 6.42 Å². The fraction of sp³-hybridized carbons (Fsp3) is 0.105. The van der Waals surface area contributed by atoms with E-state index in [9.17, 15) is 4.79 Å². The fourth-order valence-electron chi connectivity index (χ4n) is 2.30. The molecule has 6 heteroatoms. The SMILES string of the molecule is O=C(Nc1cccc(Cl)c1)c1ccnc(NCCc2ccccc2)n1. The van der Waals surface area contributed by atoms with Crippen LogP contribution >= 0.6 is 11.6 Å². The minimum Gasteiger partial charge on any atom is -0.354 e. The summed E-state index contributed by atoms with van der Waals surface area (Å²) in [6.45, 7) is 0.684. The maximum Gasteiger partial charge on any atom is 0.274 e. The van der Waals surface area contributed by atoms with E-state index in [0.29, 0.717) is 23.2 Å². The van der Waals surface area contributed by atoms with Crippen LogP contribution in [0.1, 0.15) is 16.1 Å². The molecule has 0 aliphatic rings. The number of amides is 1. The van der Waals surface area contributed by atoms with Crippen LogP contribution in [0.4, 0.5) is 11.6 Å². The first kappa shape index (κ1) is 16.9. The largest absolute Gasteiger partial charge is 0.354 e. The molecule has 0 atom stereocenters. The number of carbonyl (C=O) groups excluding carboxylic acids is 1. The molecule has 0 radical (unpaired) electrons. The molecule has 1 aromatic heterocycles. The van der Waals surface area contributed by atoms with Gasteiger partial charge in [0.1, 0.15) is 5.69 Å². The van der Waals surface area contributed by atoms with Crippen LogP contribution in [-0.2, 0) is 6.42 Å². The number of aromatic nitrogens is 2. The average molecular weight is 353 g/mol. The van der Waals surface area contributed by atoms with Gasteiger partial charge >= 0.3 is 0 Å². The molecule has 1 amide bonds. The molecule has 0 bridgehead atoms. The van der Waals surface area contributed by atoms with Crippen molar-refractivity contribution in [3.63, 3.8) is 0 Å². The van der Waals surface area contributed by atoms with E-state index >= 15 is 0 Å². The number of rotatable bonds is 6. The summed E-state index contributed by atoms with van der Waals surface area (Å²) < 4.78 is 0. The molecule has 126 valence electrons. The molecular weight excluding hydrogens is 336 g/mol. The van der Waals surface area contributed by atoms with Gasteiger partial charge in [0, 0.05) is 23.5 Å². The lowest BCUT2D eigenvalue weighted by molar-refractivity contribution is 0.102. The van der Waals surface area contributed by atoms with E-state index in [1.54, 1.807) is 36.5 Å². The predicted molar refractivity (Wildman–Crippen MR) is 100 cm³/mol. The molecule has 5 nitrogen and oxygen atoms in total. The number of halogens is 1. The molecule has 2 aromatic carbocycles. The third-order valence-corrected chi connectivity index (χ3v) is 3.75. The van der Waals surface area contributed by atoms with Gasteiger partial charge in [-0.2, -0.15) is 0 Å². The molecule has 2 N–H and O–H groups in total. The van der Waals surface area contributed by atoms with Gasteiger partial charge in [0.15, 0.2) is 0 Å². The maximum absolute atomic E-state index is 12.3. The number of carbonyl (C=O) groups is 1. The van der Waals surface area contributed by atoms with Crippen LogP contribution in [0.2, 0.25) is 5.02 Å². The molecule has 3 aromatic rings. The van der Waals surface area contributed by atoms with E-state index in [1.165, 1.54) is 5.56 Å². The second-order valence-corrected chi connectivity index (χ2v) is 5.83. The summed E-state index contributed by atoms with van der Waals surface area (Å²) in [6.07, 6.45) is 2.41. The Hall–Kier alpha value is -2.92. The Labute approximate surface area is 151 Å². The van der Waals surface area contributed by atoms with Crippen molar-refractivity contribution >= 4 is 29.1 Å². The van der Waals surface area contributed by atoms with Crippen LogP contribution in [0.25, 0.3) is 0 Å². The molecule has 0 aliphatic heterocycles. The second-order valence-electron chi connectivity index (χ2n) is 5.39. The van der Waals surface area contributed by atoms with E-state index in [-0.39, 0.29) is 11.6 Å². The second kappa shape index (κ2) is 8.26. The summed E-state index contributed by atoms with van der Waals surface area (Å²) in [5.74, 6) is 0.116. The van der Waals surface area contributed by atoms with Gasteiger partial charge in [0.25, 0.3) is 5.91 Å². The van der Waals surface area contributed by atoms with E-state index in [4.69, 9.17) is 11.6 Å². The number of anilines is 2. The predicted octanol–water partition coefficient (Wildman–Crippen LogP) is 4.04. The lowest BCUT2D eigenvalue weighted by Crippen LogP contribution is -2.16. The van der Waals surface area contributed by atoms with Crippen LogP contribution in [0.3, 0.4) is 0 Å². The van der Waals surface area contributed by atoms with Gasteiger partial charge < -0.3 is 10.6 Å². The van der Waals surface area contributed by atoms with Crippen molar-refractivity contribution in [2.75, 3.05) is 17.2 Å². The zero-order chi connectivity index (χ0) is 17.5. The van der Waals surface area contributed by atoms with Gasteiger partial charge in [-0.05, 0) is 36.2 Å².